The van der Waals surface area contributed by atoms with E-state index in [0.717, 1.165) is 89.1 Å². The van der Waals surface area contributed by atoms with Gasteiger partial charge in [0, 0.05) is 24.9 Å². The zero-order chi connectivity index (χ0) is 68.9. The minimum absolute atomic E-state index is 0. The number of aromatic nitrogens is 12. The van der Waals surface area contributed by atoms with E-state index in [1.807, 2.05) is 270 Å². The SMILES string of the molecule is Cc1cc(C=Nc2ccccc2)c([O-])c(-n2nc3ccccc3n2)c1.Cc1cc(C=Nc2ccccc2)c([O-])c(-n2nc3ccccc3n2)c1.Cc1cc(C=Nc2ccccc2)c([O-])c(-n2nc3ccccc3n2)c1.Cc1cc(C=Nc2ccccc2)c([O-])c(-n2nc3ccccc3n2)c1.[Pd+2].[Pd+2]. The van der Waals surface area contributed by atoms with Gasteiger partial charge >= 0.3 is 40.8 Å². The van der Waals surface area contributed by atoms with Crippen molar-refractivity contribution in [1.82, 2.24) is 60.0 Å². The molecule has 102 heavy (non-hydrogen) atoms. The van der Waals surface area contributed by atoms with Gasteiger partial charge in [0.2, 0.25) is 0 Å². The van der Waals surface area contributed by atoms with Gasteiger partial charge in [-0.1, -0.05) is 169 Å². The summed E-state index contributed by atoms with van der Waals surface area (Å²) in [6, 6.07) is 82.7. The molecular formula is C80H60N16O4Pd2. The molecule has 0 bridgehead atoms. The van der Waals surface area contributed by atoms with Crippen molar-refractivity contribution >= 4 is 91.7 Å². The number of aryl methyl sites for hydroxylation is 4. The maximum Gasteiger partial charge on any atom is 2.00 e. The van der Waals surface area contributed by atoms with Gasteiger partial charge in [-0.25, -0.2) is 0 Å². The number of hydrogen-bond acceptors (Lipinski definition) is 16. The van der Waals surface area contributed by atoms with Gasteiger partial charge in [-0.05, 0) is 194 Å². The predicted octanol–water partition coefficient (Wildman–Crippen LogP) is 14.2. The van der Waals surface area contributed by atoms with Crippen LogP contribution in [0.1, 0.15) is 44.5 Å². The summed E-state index contributed by atoms with van der Waals surface area (Å²) >= 11 is 0. The van der Waals surface area contributed by atoms with Crippen molar-refractivity contribution in [1.29, 1.82) is 0 Å². The van der Waals surface area contributed by atoms with Gasteiger partial charge < -0.3 is 20.4 Å². The van der Waals surface area contributed by atoms with E-state index >= 15 is 0 Å². The third-order valence-corrected chi connectivity index (χ3v) is 15.4. The van der Waals surface area contributed by atoms with Gasteiger partial charge in [0.15, 0.2) is 0 Å². The largest absolute Gasteiger partial charge is 2.00 e. The van der Waals surface area contributed by atoms with Gasteiger partial charge in [-0.3, -0.25) is 20.0 Å². The summed E-state index contributed by atoms with van der Waals surface area (Å²) in [7, 11) is 0. The Bertz CT molecular complexity index is 4850. The topological polar surface area (TPSA) is 265 Å². The summed E-state index contributed by atoms with van der Waals surface area (Å²) in [4.78, 5) is 23.1. The Morgan fingerprint density at radius 1 is 0.235 bits per heavy atom. The summed E-state index contributed by atoms with van der Waals surface area (Å²) in [6.07, 6.45) is 6.38. The number of benzene rings is 12. The Labute approximate surface area is 613 Å². The predicted molar refractivity (Wildman–Crippen MR) is 387 cm³/mol. The fourth-order valence-electron chi connectivity index (χ4n) is 10.6. The van der Waals surface area contributed by atoms with Crippen LogP contribution in [0.5, 0.6) is 23.0 Å². The van der Waals surface area contributed by atoms with Crippen LogP contribution in [0.4, 0.5) is 22.7 Å². The van der Waals surface area contributed by atoms with Crippen molar-refractivity contribution in [3.8, 4) is 45.7 Å². The summed E-state index contributed by atoms with van der Waals surface area (Å²) in [5, 5.41) is 86.6. The maximum absolute atomic E-state index is 12.8. The Kier molecular flexibility index (Phi) is 22.8. The van der Waals surface area contributed by atoms with E-state index in [9.17, 15) is 20.4 Å². The normalized spacial score (nSPS) is 11.2. The molecule has 0 saturated heterocycles. The number of para-hydroxylation sites is 4. The van der Waals surface area contributed by atoms with Crippen molar-refractivity contribution in [3.63, 3.8) is 0 Å². The molecule has 0 aliphatic heterocycles. The summed E-state index contributed by atoms with van der Waals surface area (Å²) in [5.41, 5.74) is 16.8. The number of hydrogen-bond donors (Lipinski definition) is 0. The molecule has 0 radical (unpaired) electrons. The van der Waals surface area contributed by atoms with Gasteiger partial charge in [0.05, 0.1) is 45.5 Å². The van der Waals surface area contributed by atoms with E-state index in [4.69, 9.17) is 0 Å². The molecule has 0 N–H and O–H groups in total. The van der Waals surface area contributed by atoms with Crippen LogP contribution in [0.25, 0.3) is 66.9 Å². The van der Waals surface area contributed by atoms with Crippen LogP contribution in [0.3, 0.4) is 0 Å². The molecule has 0 aliphatic rings. The number of aliphatic imine (C=N–C) groups is 4. The molecule has 0 atom stereocenters. The smallest absolute Gasteiger partial charge is 0.871 e. The molecule has 0 fully saturated rings. The molecule has 0 saturated carbocycles. The van der Waals surface area contributed by atoms with Gasteiger partial charge in [0.25, 0.3) is 0 Å². The van der Waals surface area contributed by atoms with Crippen LogP contribution >= 0.6 is 0 Å². The fourth-order valence-corrected chi connectivity index (χ4v) is 10.6. The summed E-state index contributed by atoms with van der Waals surface area (Å²) in [6.45, 7) is 7.75. The Morgan fingerprint density at radius 3 is 0.559 bits per heavy atom. The molecule has 4 heterocycles. The molecule has 16 rings (SSSR count). The van der Waals surface area contributed by atoms with Crippen molar-refractivity contribution in [3.05, 3.63) is 311 Å². The van der Waals surface area contributed by atoms with Crippen molar-refractivity contribution < 1.29 is 61.3 Å². The Balaban J connectivity index is 0.000000136. The second-order valence-electron chi connectivity index (χ2n) is 23.1. The Hall–Kier alpha value is -12.6. The van der Waals surface area contributed by atoms with E-state index in [0.29, 0.717) is 45.0 Å². The van der Waals surface area contributed by atoms with E-state index in [1.165, 1.54) is 19.2 Å². The van der Waals surface area contributed by atoms with Crippen molar-refractivity contribution in [2.24, 2.45) is 20.0 Å². The first-order valence-corrected chi connectivity index (χ1v) is 31.8. The molecule has 20 nitrogen and oxygen atoms in total. The van der Waals surface area contributed by atoms with Crippen molar-refractivity contribution in [2.45, 2.75) is 27.7 Å². The van der Waals surface area contributed by atoms with E-state index < -0.39 is 0 Å². The average molecular weight is 1520 g/mol. The number of nitrogens with zero attached hydrogens (tertiary/aromatic N) is 16. The van der Waals surface area contributed by atoms with Crippen LogP contribution in [0.2, 0.25) is 0 Å². The molecule has 0 amide bonds. The van der Waals surface area contributed by atoms with E-state index in [-0.39, 0.29) is 63.8 Å². The standard InChI is InChI=1S/4C20H16N4O.2Pd/c4*1-14-11-15(13-21-16-7-3-2-4-8-16)20(25)19(12-14)24-22-17-9-5-6-10-18(17)23-24;;/h4*2-13,25H,1H3;;/q;;;;2*+2/p-4. The van der Waals surface area contributed by atoms with Crippen LogP contribution in [-0.4, -0.2) is 84.8 Å². The molecular weight excluding hydrogens is 1460 g/mol. The second kappa shape index (κ2) is 32.9. The van der Waals surface area contributed by atoms with Gasteiger partial charge in [0.1, 0.15) is 44.1 Å². The quantitative estimate of drug-likeness (QED) is 0.0816. The zero-order valence-electron chi connectivity index (χ0n) is 55.1. The molecule has 16 aromatic rings. The summed E-state index contributed by atoms with van der Waals surface area (Å²) in [5.74, 6) is -0.590. The maximum atomic E-state index is 12.8. The van der Waals surface area contributed by atoms with Crippen LogP contribution in [0, 0.1) is 27.7 Å². The van der Waals surface area contributed by atoms with Crippen LogP contribution in [-0.2, 0) is 40.8 Å². The molecule has 0 spiro atoms. The molecule has 504 valence electrons. The molecule has 12 aromatic carbocycles. The average Bonchev–Trinajstić information content (AvgIpc) is 0.915. The zero-order valence-corrected chi connectivity index (χ0v) is 58.2. The first-order valence-electron chi connectivity index (χ1n) is 31.8. The second-order valence-corrected chi connectivity index (χ2v) is 23.1. The monoisotopic (exact) mass is 1520 g/mol. The Morgan fingerprint density at radius 2 is 0.392 bits per heavy atom. The van der Waals surface area contributed by atoms with Gasteiger partial charge in [-0.2, -0.15) is 19.2 Å². The molecule has 22 heteroatoms. The van der Waals surface area contributed by atoms with Crippen molar-refractivity contribution in [2.75, 3.05) is 0 Å². The molecule has 4 aromatic heterocycles. The minimum atomic E-state index is -0.148. The number of rotatable bonds is 12. The number of fused-ring (bicyclic) bond motifs is 4. The first-order chi connectivity index (χ1) is 48.8. The first kappa shape index (κ1) is 70.8. The third kappa shape index (κ3) is 17.1. The van der Waals surface area contributed by atoms with Crippen LogP contribution < -0.4 is 20.4 Å². The fraction of sp³-hybridized carbons (Fsp3) is 0.0500. The van der Waals surface area contributed by atoms with Crippen LogP contribution in [0.15, 0.2) is 287 Å². The van der Waals surface area contributed by atoms with E-state index in [2.05, 4.69) is 60.8 Å². The summed E-state index contributed by atoms with van der Waals surface area (Å²) < 4.78 is 0. The minimum Gasteiger partial charge on any atom is -0.871 e. The van der Waals surface area contributed by atoms with E-state index in [1.54, 1.807) is 49.1 Å². The third-order valence-electron chi connectivity index (χ3n) is 15.4. The molecule has 0 unspecified atom stereocenters. The molecule has 0 aliphatic carbocycles. The van der Waals surface area contributed by atoms with Gasteiger partial charge in [-0.15, -0.1) is 40.8 Å².